The molecule has 78 valence electrons. The molecule has 0 heterocycles. The zero-order chi connectivity index (χ0) is 10.8. The zero-order valence-corrected chi connectivity index (χ0v) is 8.45. The highest BCUT2D eigenvalue weighted by atomic mass is 32.2. The predicted molar refractivity (Wildman–Crippen MR) is 58.2 cm³/mol. The lowest BCUT2D eigenvalue weighted by Crippen LogP contribution is -2.02. The van der Waals surface area contributed by atoms with Gasteiger partial charge in [0, 0.05) is 16.7 Å². The molecule has 0 fully saturated rings. The van der Waals surface area contributed by atoms with Crippen LogP contribution in [0, 0.1) is 0 Å². The van der Waals surface area contributed by atoms with Crippen molar-refractivity contribution < 1.29 is 13.9 Å². The second kappa shape index (κ2) is 3.88. The smallest absolute Gasteiger partial charge is 0.147 e. The fraction of sp³-hybridized carbons (Fsp3) is 0. The molecule has 2 aromatic carbocycles. The van der Waals surface area contributed by atoms with Crippen LogP contribution in [0.3, 0.4) is 0 Å². The maximum Gasteiger partial charge on any atom is 0.147 e. The van der Waals surface area contributed by atoms with Crippen molar-refractivity contribution in [1.29, 1.82) is 0 Å². The highest BCUT2D eigenvalue weighted by Crippen LogP contribution is 2.32. The largest absolute Gasteiger partial charge is 0.755 e. The van der Waals surface area contributed by atoms with Gasteiger partial charge in [-0.1, -0.05) is 30.3 Å². The van der Waals surface area contributed by atoms with Crippen LogP contribution in [0.15, 0.2) is 36.4 Å². The fourth-order valence-corrected chi connectivity index (χ4v) is 1.77. The summed E-state index contributed by atoms with van der Waals surface area (Å²) in [6, 6.07) is 10.5. The first kappa shape index (κ1) is 9.95. The van der Waals surface area contributed by atoms with Crippen molar-refractivity contribution in [3.05, 3.63) is 36.4 Å². The van der Waals surface area contributed by atoms with Gasteiger partial charge in [0.05, 0.1) is 5.69 Å². The molecule has 0 aliphatic carbocycles. The highest BCUT2D eigenvalue weighted by Gasteiger charge is 2.04. The minimum Gasteiger partial charge on any atom is -0.755 e. The van der Waals surface area contributed by atoms with E-state index in [0.29, 0.717) is 5.39 Å². The molecule has 0 aliphatic rings. The standard InChI is InChI=1S/C10H9NO3S/c12-10-8-4-2-1-3-7(8)5-6-9(10)11-15(13)14/h1-6,11-12H,(H,13,14)/p-1. The van der Waals surface area contributed by atoms with Gasteiger partial charge < -0.3 is 14.4 Å². The second-order valence-electron chi connectivity index (χ2n) is 3.02. The van der Waals surface area contributed by atoms with Gasteiger partial charge >= 0.3 is 0 Å². The maximum atomic E-state index is 10.4. The Kier molecular flexibility index (Phi) is 2.57. The summed E-state index contributed by atoms with van der Waals surface area (Å²) in [6.45, 7) is 0. The van der Waals surface area contributed by atoms with Gasteiger partial charge in [-0.3, -0.25) is 4.21 Å². The Morgan fingerprint density at radius 2 is 1.93 bits per heavy atom. The minimum absolute atomic E-state index is 0.0581. The average Bonchev–Trinajstić information content (AvgIpc) is 2.22. The third-order valence-electron chi connectivity index (χ3n) is 2.09. The Balaban J connectivity index is 2.59. The molecule has 2 rings (SSSR count). The van der Waals surface area contributed by atoms with Crippen molar-refractivity contribution in [2.45, 2.75) is 0 Å². The third kappa shape index (κ3) is 1.93. The van der Waals surface area contributed by atoms with E-state index in [1.807, 2.05) is 12.1 Å². The molecule has 0 radical (unpaired) electrons. The molecule has 2 aromatic rings. The lowest BCUT2D eigenvalue weighted by atomic mass is 10.1. The quantitative estimate of drug-likeness (QED) is 0.600. The van der Waals surface area contributed by atoms with E-state index in [0.717, 1.165) is 5.39 Å². The van der Waals surface area contributed by atoms with Gasteiger partial charge in [0.15, 0.2) is 0 Å². The van der Waals surface area contributed by atoms with Crippen LogP contribution in [0.1, 0.15) is 0 Å². The second-order valence-corrected chi connectivity index (χ2v) is 3.69. The monoisotopic (exact) mass is 222 g/mol. The lowest BCUT2D eigenvalue weighted by molar-refractivity contribution is 0.483. The summed E-state index contributed by atoms with van der Waals surface area (Å²) in [6.07, 6.45) is 0. The number of phenols is 1. The van der Waals surface area contributed by atoms with E-state index in [1.165, 1.54) is 6.07 Å². The lowest BCUT2D eigenvalue weighted by Gasteiger charge is -2.11. The molecule has 0 bridgehead atoms. The topological polar surface area (TPSA) is 72.4 Å². The van der Waals surface area contributed by atoms with Gasteiger partial charge in [-0.2, -0.15) is 0 Å². The van der Waals surface area contributed by atoms with Gasteiger partial charge in [-0.15, -0.1) is 0 Å². The molecule has 2 N–H and O–H groups in total. The van der Waals surface area contributed by atoms with Crippen LogP contribution in [0.2, 0.25) is 0 Å². The third-order valence-corrected chi connectivity index (χ3v) is 2.48. The van der Waals surface area contributed by atoms with Crippen LogP contribution in [0.4, 0.5) is 5.69 Å². The first-order valence-corrected chi connectivity index (χ1v) is 5.32. The normalized spacial score (nSPS) is 12.6. The summed E-state index contributed by atoms with van der Waals surface area (Å²) in [5.41, 5.74) is 0.182. The van der Waals surface area contributed by atoms with Crippen molar-refractivity contribution >= 4 is 27.7 Å². The SMILES string of the molecule is O=S([O-])Nc1ccc2ccccc2c1O. The molecule has 1 atom stereocenters. The van der Waals surface area contributed by atoms with Crippen LogP contribution in [-0.2, 0) is 11.3 Å². The number of hydrogen-bond acceptors (Lipinski definition) is 3. The summed E-state index contributed by atoms with van der Waals surface area (Å²) in [5.74, 6) is -0.0581. The van der Waals surface area contributed by atoms with E-state index in [1.54, 1.807) is 18.2 Å². The molecule has 0 aromatic heterocycles. The molecule has 15 heavy (non-hydrogen) atoms. The highest BCUT2D eigenvalue weighted by molar-refractivity contribution is 7.80. The summed E-state index contributed by atoms with van der Waals surface area (Å²) in [4.78, 5) is 0. The van der Waals surface area contributed by atoms with E-state index < -0.39 is 11.3 Å². The van der Waals surface area contributed by atoms with E-state index in [9.17, 15) is 13.9 Å². The number of aromatic hydroxyl groups is 1. The van der Waals surface area contributed by atoms with Gasteiger partial charge in [-0.25, -0.2) is 0 Å². The Labute approximate surface area is 89.0 Å². The van der Waals surface area contributed by atoms with Gasteiger partial charge in [0.2, 0.25) is 0 Å². The molecule has 5 heteroatoms. The maximum absolute atomic E-state index is 10.4. The fourth-order valence-electron chi connectivity index (χ4n) is 1.43. The van der Waals surface area contributed by atoms with Gasteiger partial charge in [0.1, 0.15) is 5.75 Å². The van der Waals surface area contributed by atoms with Gasteiger partial charge in [0.25, 0.3) is 0 Å². The number of phenolic OH excluding ortho intramolecular Hbond substituents is 1. The van der Waals surface area contributed by atoms with Gasteiger partial charge in [-0.05, 0) is 11.5 Å². The summed E-state index contributed by atoms with van der Waals surface area (Å²) < 4.78 is 23.0. The van der Waals surface area contributed by atoms with Crippen LogP contribution in [0.5, 0.6) is 5.75 Å². The van der Waals surface area contributed by atoms with E-state index in [-0.39, 0.29) is 11.4 Å². The van der Waals surface area contributed by atoms with Crippen molar-refractivity contribution in [3.8, 4) is 5.75 Å². The van der Waals surface area contributed by atoms with Crippen molar-refractivity contribution in [2.24, 2.45) is 0 Å². The molecule has 0 saturated carbocycles. The van der Waals surface area contributed by atoms with E-state index in [4.69, 9.17) is 0 Å². The first-order chi connectivity index (χ1) is 7.18. The number of fused-ring (bicyclic) bond motifs is 1. The molecule has 0 amide bonds. The number of nitrogens with one attached hydrogen (secondary N) is 1. The number of rotatable bonds is 2. The minimum atomic E-state index is -2.43. The molecular weight excluding hydrogens is 214 g/mol. The summed E-state index contributed by atoms with van der Waals surface area (Å²) in [5, 5.41) is 11.2. The molecule has 1 unspecified atom stereocenters. The van der Waals surface area contributed by atoms with E-state index >= 15 is 0 Å². The first-order valence-electron chi connectivity index (χ1n) is 4.25. The van der Waals surface area contributed by atoms with Crippen molar-refractivity contribution in [1.82, 2.24) is 0 Å². The van der Waals surface area contributed by atoms with Crippen LogP contribution >= 0.6 is 0 Å². The Morgan fingerprint density at radius 1 is 1.20 bits per heavy atom. The summed E-state index contributed by atoms with van der Waals surface area (Å²) in [7, 11) is 0. The van der Waals surface area contributed by atoms with Crippen LogP contribution < -0.4 is 4.72 Å². The van der Waals surface area contributed by atoms with Crippen LogP contribution in [0.25, 0.3) is 10.8 Å². The zero-order valence-electron chi connectivity index (χ0n) is 7.64. The average molecular weight is 222 g/mol. The van der Waals surface area contributed by atoms with Crippen molar-refractivity contribution in [3.63, 3.8) is 0 Å². The predicted octanol–water partition coefficient (Wildman–Crippen LogP) is 1.75. The molecule has 0 aliphatic heterocycles. The molecule has 0 spiro atoms. The van der Waals surface area contributed by atoms with Crippen molar-refractivity contribution in [2.75, 3.05) is 4.72 Å². The molecular formula is C10H8NO3S-. The Hall–Kier alpha value is -1.59. The number of hydrogen-bond donors (Lipinski definition) is 2. The summed E-state index contributed by atoms with van der Waals surface area (Å²) >= 11 is -2.43. The Bertz CT molecular complexity index is 527. The molecule has 0 saturated heterocycles. The number of benzene rings is 2. The van der Waals surface area contributed by atoms with Crippen LogP contribution in [-0.4, -0.2) is 13.9 Å². The number of anilines is 1. The Morgan fingerprint density at radius 3 is 2.67 bits per heavy atom. The van der Waals surface area contributed by atoms with E-state index in [2.05, 4.69) is 4.72 Å². The molecule has 4 nitrogen and oxygen atoms in total.